The van der Waals surface area contributed by atoms with Crippen molar-refractivity contribution in [1.29, 1.82) is 0 Å². The predicted molar refractivity (Wildman–Crippen MR) is 56.6 cm³/mol. The summed E-state index contributed by atoms with van der Waals surface area (Å²) in [5.41, 5.74) is 6.01. The van der Waals surface area contributed by atoms with E-state index in [0.29, 0.717) is 21.5 Å². The fraction of sp³-hybridized carbons (Fsp3) is 0.333. The maximum absolute atomic E-state index is 5.88. The molecule has 2 nitrogen and oxygen atoms in total. The van der Waals surface area contributed by atoms with Crippen LogP contribution in [0.1, 0.15) is 13.8 Å². The van der Waals surface area contributed by atoms with Crippen molar-refractivity contribution < 1.29 is 4.74 Å². The third kappa shape index (κ3) is 2.68. The second kappa shape index (κ2) is 4.07. The number of nitrogens with two attached hydrogens (primary N) is 1. The lowest BCUT2D eigenvalue weighted by Crippen LogP contribution is -2.06. The van der Waals surface area contributed by atoms with Gasteiger partial charge in [-0.1, -0.05) is 23.2 Å². The molecule has 0 aromatic heterocycles. The molecule has 0 heterocycles. The number of nitrogen functional groups attached to an aromatic ring is 1. The van der Waals surface area contributed by atoms with Crippen LogP contribution in [0.2, 0.25) is 10.0 Å². The lowest BCUT2D eigenvalue weighted by molar-refractivity contribution is 0.242. The van der Waals surface area contributed by atoms with Crippen molar-refractivity contribution in [2.24, 2.45) is 0 Å². The third-order valence-corrected chi connectivity index (χ3v) is 2.04. The molecule has 0 bridgehead atoms. The van der Waals surface area contributed by atoms with Gasteiger partial charge < -0.3 is 10.5 Å². The lowest BCUT2D eigenvalue weighted by Gasteiger charge is -2.12. The summed E-state index contributed by atoms with van der Waals surface area (Å²) >= 11 is 11.7. The van der Waals surface area contributed by atoms with E-state index in [1.807, 2.05) is 13.8 Å². The molecule has 0 spiro atoms. The number of anilines is 1. The second-order valence-corrected chi connectivity index (χ2v) is 3.79. The van der Waals surface area contributed by atoms with Gasteiger partial charge in [0, 0.05) is 6.07 Å². The van der Waals surface area contributed by atoms with Crippen molar-refractivity contribution in [3.8, 4) is 5.75 Å². The van der Waals surface area contributed by atoms with Crippen LogP contribution in [0, 0.1) is 0 Å². The van der Waals surface area contributed by atoms with E-state index in [1.54, 1.807) is 12.1 Å². The highest BCUT2D eigenvalue weighted by molar-refractivity contribution is 6.36. The zero-order valence-electron chi connectivity index (χ0n) is 7.47. The molecule has 0 aliphatic rings. The van der Waals surface area contributed by atoms with Gasteiger partial charge in [0.2, 0.25) is 0 Å². The summed E-state index contributed by atoms with van der Waals surface area (Å²) in [5, 5.41) is 0.940. The van der Waals surface area contributed by atoms with Gasteiger partial charge in [-0.3, -0.25) is 0 Å². The first kappa shape index (κ1) is 10.5. The van der Waals surface area contributed by atoms with Crippen LogP contribution >= 0.6 is 23.2 Å². The summed E-state index contributed by atoms with van der Waals surface area (Å²) in [5.74, 6) is 0.566. The topological polar surface area (TPSA) is 35.2 Å². The molecule has 72 valence electrons. The molecule has 4 heteroatoms. The van der Waals surface area contributed by atoms with Crippen molar-refractivity contribution in [3.05, 3.63) is 22.2 Å². The zero-order chi connectivity index (χ0) is 10.0. The van der Waals surface area contributed by atoms with Crippen LogP contribution in [0.15, 0.2) is 12.1 Å². The van der Waals surface area contributed by atoms with E-state index < -0.39 is 0 Å². The van der Waals surface area contributed by atoms with Crippen LogP contribution in [0.5, 0.6) is 5.75 Å². The molecule has 0 fully saturated rings. The normalized spacial score (nSPS) is 10.5. The van der Waals surface area contributed by atoms with Gasteiger partial charge in [0.25, 0.3) is 0 Å². The fourth-order valence-electron chi connectivity index (χ4n) is 0.888. The summed E-state index contributed by atoms with van der Waals surface area (Å²) in [4.78, 5) is 0. The van der Waals surface area contributed by atoms with Gasteiger partial charge in [0.15, 0.2) is 0 Å². The van der Waals surface area contributed by atoms with Gasteiger partial charge in [-0.05, 0) is 19.9 Å². The van der Waals surface area contributed by atoms with Gasteiger partial charge in [-0.2, -0.15) is 0 Å². The standard InChI is InChI=1S/C9H11Cl2NO/c1-5(2)13-9-4-6(10)8(12)3-7(9)11/h3-5H,12H2,1-2H3. The SMILES string of the molecule is CC(C)Oc1cc(Cl)c(N)cc1Cl. The average Bonchev–Trinajstić information content (AvgIpc) is 1.99. The molecule has 1 aromatic rings. The average molecular weight is 220 g/mol. The van der Waals surface area contributed by atoms with E-state index in [1.165, 1.54) is 0 Å². The predicted octanol–water partition coefficient (Wildman–Crippen LogP) is 3.36. The molecule has 0 radical (unpaired) electrons. The first-order valence-electron chi connectivity index (χ1n) is 3.92. The van der Waals surface area contributed by atoms with Gasteiger partial charge in [-0.25, -0.2) is 0 Å². The first-order chi connectivity index (χ1) is 6.00. The van der Waals surface area contributed by atoms with Gasteiger partial charge in [0.05, 0.1) is 21.8 Å². The Labute approximate surface area is 87.6 Å². The highest BCUT2D eigenvalue weighted by Crippen LogP contribution is 2.32. The number of hydrogen-bond acceptors (Lipinski definition) is 2. The van der Waals surface area contributed by atoms with E-state index in [2.05, 4.69) is 0 Å². The van der Waals surface area contributed by atoms with E-state index in [4.69, 9.17) is 33.7 Å². The van der Waals surface area contributed by atoms with Gasteiger partial charge in [-0.15, -0.1) is 0 Å². The zero-order valence-corrected chi connectivity index (χ0v) is 8.99. The Morgan fingerprint density at radius 3 is 2.38 bits per heavy atom. The minimum absolute atomic E-state index is 0.0668. The maximum atomic E-state index is 5.88. The Morgan fingerprint density at radius 2 is 1.85 bits per heavy atom. The minimum atomic E-state index is 0.0668. The largest absolute Gasteiger partial charge is 0.489 e. The van der Waals surface area contributed by atoms with Crippen LogP contribution in [0.25, 0.3) is 0 Å². The molecule has 0 saturated heterocycles. The molecule has 0 amide bonds. The van der Waals surface area contributed by atoms with Crippen LogP contribution in [-0.2, 0) is 0 Å². The highest BCUT2D eigenvalue weighted by Gasteiger charge is 2.07. The number of ether oxygens (including phenoxy) is 1. The summed E-state index contributed by atoms with van der Waals surface area (Å²) in [6.45, 7) is 3.83. The number of rotatable bonds is 2. The summed E-state index contributed by atoms with van der Waals surface area (Å²) < 4.78 is 5.41. The van der Waals surface area contributed by atoms with E-state index in [0.717, 1.165) is 0 Å². The van der Waals surface area contributed by atoms with Gasteiger partial charge in [0.1, 0.15) is 5.75 Å². The van der Waals surface area contributed by atoms with E-state index >= 15 is 0 Å². The monoisotopic (exact) mass is 219 g/mol. The van der Waals surface area contributed by atoms with Crippen molar-refractivity contribution >= 4 is 28.9 Å². The number of halogens is 2. The molecule has 0 aliphatic heterocycles. The molecule has 2 N–H and O–H groups in total. The maximum Gasteiger partial charge on any atom is 0.139 e. The van der Waals surface area contributed by atoms with Crippen LogP contribution in [0.3, 0.4) is 0 Å². The summed E-state index contributed by atoms with van der Waals surface area (Å²) in [7, 11) is 0. The van der Waals surface area contributed by atoms with Crippen molar-refractivity contribution in [2.45, 2.75) is 20.0 Å². The van der Waals surface area contributed by atoms with Crippen molar-refractivity contribution in [2.75, 3.05) is 5.73 Å². The smallest absolute Gasteiger partial charge is 0.139 e. The highest BCUT2D eigenvalue weighted by atomic mass is 35.5. The lowest BCUT2D eigenvalue weighted by atomic mass is 10.3. The molecule has 1 rings (SSSR count). The molecule has 0 unspecified atom stereocenters. The van der Waals surface area contributed by atoms with Gasteiger partial charge >= 0.3 is 0 Å². The summed E-state index contributed by atoms with van der Waals surface area (Å²) in [6, 6.07) is 3.21. The molecule has 0 aliphatic carbocycles. The molecule has 13 heavy (non-hydrogen) atoms. The third-order valence-electron chi connectivity index (χ3n) is 1.41. The van der Waals surface area contributed by atoms with Crippen LogP contribution in [0.4, 0.5) is 5.69 Å². The Bertz CT molecular complexity index is 313. The molecule has 0 atom stereocenters. The molecular weight excluding hydrogens is 209 g/mol. The fourth-order valence-corrected chi connectivity index (χ4v) is 1.26. The quantitative estimate of drug-likeness (QED) is 0.775. The molecule has 1 aromatic carbocycles. The number of hydrogen-bond donors (Lipinski definition) is 1. The van der Waals surface area contributed by atoms with Crippen LogP contribution < -0.4 is 10.5 Å². The van der Waals surface area contributed by atoms with E-state index in [9.17, 15) is 0 Å². The van der Waals surface area contributed by atoms with E-state index in [-0.39, 0.29) is 6.10 Å². The first-order valence-corrected chi connectivity index (χ1v) is 4.67. The molecule has 0 saturated carbocycles. The number of benzene rings is 1. The Morgan fingerprint density at radius 1 is 1.23 bits per heavy atom. The van der Waals surface area contributed by atoms with Crippen molar-refractivity contribution in [1.82, 2.24) is 0 Å². The minimum Gasteiger partial charge on any atom is -0.489 e. The second-order valence-electron chi connectivity index (χ2n) is 2.97. The van der Waals surface area contributed by atoms with Crippen molar-refractivity contribution in [3.63, 3.8) is 0 Å². The Kier molecular flexibility index (Phi) is 3.28. The molecular formula is C9H11Cl2NO. The van der Waals surface area contributed by atoms with Crippen LogP contribution in [-0.4, -0.2) is 6.10 Å². The summed E-state index contributed by atoms with van der Waals surface area (Å²) in [6.07, 6.45) is 0.0668. The Balaban J connectivity index is 3.01. The Hall–Kier alpha value is -0.600.